The third-order valence-electron chi connectivity index (χ3n) is 3.62. The van der Waals surface area contributed by atoms with Crippen LogP contribution in [0.1, 0.15) is 27.0 Å². The number of nitrogens with two attached hydrogens (primary N) is 3. The lowest BCUT2D eigenvalue weighted by Gasteiger charge is -2.13. The average molecular weight is 356 g/mol. The number of aromatic nitrogens is 1. The van der Waals surface area contributed by atoms with Crippen LogP contribution in [0.2, 0.25) is 0 Å². The number of benzene rings is 1. The molecule has 1 heterocycles. The molecule has 0 radical (unpaired) electrons. The number of ether oxygens (including phenoxy) is 1. The van der Waals surface area contributed by atoms with Crippen molar-refractivity contribution in [3.8, 4) is 5.75 Å². The van der Waals surface area contributed by atoms with Crippen molar-refractivity contribution < 1.29 is 14.3 Å². The van der Waals surface area contributed by atoms with Gasteiger partial charge in [0.1, 0.15) is 11.6 Å². The van der Waals surface area contributed by atoms with E-state index in [9.17, 15) is 9.59 Å². The van der Waals surface area contributed by atoms with Crippen molar-refractivity contribution in [3.63, 3.8) is 0 Å². The van der Waals surface area contributed by atoms with E-state index in [2.05, 4.69) is 10.3 Å². The Balaban J connectivity index is 2.19. The molecule has 26 heavy (non-hydrogen) atoms. The molecule has 2 aromatic rings. The quantitative estimate of drug-likeness (QED) is 0.346. The fraction of sp³-hybridized carbons (Fsp3) is 0.176. The standard InChI is InChI=1S/C17H20N6O3/c1-9-5-22-7-12(15(9)19)17(25)23-6-11-3-2-10(16(20)21)4-13(11)26-8-14(18)24/h2-5,7H,6,8H2,1H3,(H2,18,24)(H2,19,22)(H3,20,21)(H,23,25). The smallest absolute Gasteiger partial charge is 0.255 e. The Labute approximate surface area is 150 Å². The van der Waals surface area contributed by atoms with Gasteiger partial charge in [-0.15, -0.1) is 0 Å². The molecular weight excluding hydrogens is 336 g/mol. The molecule has 2 rings (SSSR count). The van der Waals surface area contributed by atoms with Gasteiger partial charge in [0.05, 0.1) is 11.3 Å². The number of nitrogens with zero attached hydrogens (tertiary/aromatic N) is 1. The number of aryl methyl sites for hydroxylation is 1. The van der Waals surface area contributed by atoms with Gasteiger partial charge in [-0.2, -0.15) is 0 Å². The zero-order chi connectivity index (χ0) is 19.3. The molecule has 0 spiro atoms. The van der Waals surface area contributed by atoms with Crippen molar-refractivity contribution >= 4 is 23.3 Å². The van der Waals surface area contributed by atoms with Gasteiger partial charge in [-0.3, -0.25) is 20.0 Å². The Morgan fingerprint density at radius 1 is 1.27 bits per heavy atom. The molecule has 1 aromatic carbocycles. The summed E-state index contributed by atoms with van der Waals surface area (Å²) in [6.45, 7) is 1.53. The zero-order valence-electron chi connectivity index (χ0n) is 14.2. The van der Waals surface area contributed by atoms with E-state index in [0.29, 0.717) is 28.1 Å². The number of anilines is 1. The van der Waals surface area contributed by atoms with Crippen molar-refractivity contribution in [2.75, 3.05) is 12.3 Å². The summed E-state index contributed by atoms with van der Waals surface area (Å²) in [5.74, 6) is -0.891. The molecule has 0 aliphatic rings. The van der Waals surface area contributed by atoms with Crippen LogP contribution in [-0.2, 0) is 11.3 Å². The molecule has 0 aliphatic heterocycles. The van der Waals surface area contributed by atoms with Gasteiger partial charge >= 0.3 is 0 Å². The lowest BCUT2D eigenvalue weighted by atomic mass is 10.1. The molecule has 0 saturated heterocycles. The first-order valence-corrected chi connectivity index (χ1v) is 7.66. The highest BCUT2D eigenvalue weighted by Gasteiger charge is 2.14. The van der Waals surface area contributed by atoms with Crippen LogP contribution in [0.25, 0.3) is 0 Å². The Morgan fingerprint density at radius 3 is 2.65 bits per heavy atom. The maximum absolute atomic E-state index is 12.3. The SMILES string of the molecule is Cc1cncc(C(=O)NCc2ccc(C(=N)N)cc2OCC(N)=O)c1N. The number of nitrogen functional groups attached to an aromatic ring is 2. The molecule has 0 saturated carbocycles. The highest BCUT2D eigenvalue weighted by molar-refractivity contribution is 5.99. The van der Waals surface area contributed by atoms with Crippen molar-refractivity contribution in [2.24, 2.45) is 11.5 Å². The first-order chi connectivity index (χ1) is 12.3. The second-order valence-electron chi connectivity index (χ2n) is 5.59. The molecule has 2 amide bonds. The molecular formula is C17H20N6O3. The molecule has 9 heteroatoms. The number of amides is 2. The second kappa shape index (κ2) is 7.97. The number of hydrogen-bond donors (Lipinski definition) is 5. The fourth-order valence-electron chi connectivity index (χ4n) is 2.18. The van der Waals surface area contributed by atoms with Crippen LogP contribution in [0.5, 0.6) is 5.75 Å². The van der Waals surface area contributed by atoms with E-state index in [0.717, 1.165) is 0 Å². The topological polar surface area (TPSA) is 170 Å². The Kier molecular flexibility index (Phi) is 5.74. The lowest BCUT2D eigenvalue weighted by molar-refractivity contribution is -0.119. The van der Waals surface area contributed by atoms with Crippen LogP contribution in [0.3, 0.4) is 0 Å². The van der Waals surface area contributed by atoms with Gasteiger partial charge in [0.15, 0.2) is 6.61 Å². The van der Waals surface area contributed by atoms with Gasteiger partial charge in [-0.25, -0.2) is 0 Å². The molecule has 0 bridgehead atoms. The Bertz CT molecular complexity index is 866. The number of primary amides is 1. The molecule has 0 aliphatic carbocycles. The first kappa shape index (κ1) is 18.7. The maximum atomic E-state index is 12.3. The zero-order valence-corrected chi connectivity index (χ0v) is 14.2. The van der Waals surface area contributed by atoms with E-state index < -0.39 is 11.8 Å². The number of hydrogen-bond acceptors (Lipinski definition) is 6. The summed E-state index contributed by atoms with van der Waals surface area (Å²) in [5, 5.41) is 10.2. The van der Waals surface area contributed by atoms with E-state index in [1.807, 2.05) is 0 Å². The van der Waals surface area contributed by atoms with E-state index in [-0.39, 0.29) is 24.6 Å². The van der Waals surface area contributed by atoms with Crippen LogP contribution in [-0.4, -0.2) is 29.2 Å². The van der Waals surface area contributed by atoms with E-state index in [1.165, 1.54) is 12.3 Å². The normalized spacial score (nSPS) is 10.2. The largest absolute Gasteiger partial charge is 0.483 e. The molecule has 0 atom stereocenters. The number of rotatable bonds is 7. The number of amidine groups is 1. The van der Waals surface area contributed by atoms with Crippen LogP contribution < -0.4 is 27.3 Å². The molecule has 136 valence electrons. The summed E-state index contributed by atoms with van der Waals surface area (Å²) in [6.07, 6.45) is 2.96. The summed E-state index contributed by atoms with van der Waals surface area (Å²) < 4.78 is 5.36. The van der Waals surface area contributed by atoms with Crippen LogP contribution in [0, 0.1) is 12.3 Å². The minimum Gasteiger partial charge on any atom is -0.483 e. The molecule has 9 nitrogen and oxygen atoms in total. The second-order valence-corrected chi connectivity index (χ2v) is 5.59. The predicted octanol–water partition coefficient (Wildman–Crippen LogP) is 0.0504. The van der Waals surface area contributed by atoms with Gasteiger partial charge in [-0.1, -0.05) is 12.1 Å². The van der Waals surface area contributed by atoms with Gasteiger partial charge in [0.2, 0.25) is 0 Å². The van der Waals surface area contributed by atoms with Crippen molar-refractivity contribution in [3.05, 3.63) is 52.8 Å². The Hall–Kier alpha value is -3.62. The van der Waals surface area contributed by atoms with Gasteiger partial charge in [0, 0.05) is 30.1 Å². The van der Waals surface area contributed by atoms with Gasteiger partial charge in [0.25, 0.3) is 11.8 Å². The minimum atomic E-state index is -0.646. The fourth-order valence-corrected chi connectivity index (χ4v) is 2.18. The number of carbonyl (C=O) groups is 2. The first-order valence-electron chi connectivity index (χ1n) is 7.66. The van der Waals surface area contributed by atoms with E-state index in [1.54, 1.807) is 25.3 Å². The molecule has 0 fully saturated rings. The van der Waals surface area contributed by atoms with Gasteiger partial charge < -0.3 is 27.3 Å². The molecule has 8 N–H and O–H groups in total. The molecule has 1 aromatic heterocycles. The highest BCUT2D eigenvalue weighted by Crippen LogP contribution is 2.21. The van der Waals surface area contributed by atoms with Crippen molar-refractivity contribution in [1.29, 1.82) is 5.41 Å². The van der Waals surface area contributed by atoms with Crippen LogP contribution >= 0.6 is 0 Å². The third kappa shape index (κ3) is 4.47. The average Bonchev–Trinajstić information content (AvgIpc) is 2.60. The lowest BCUT2D eigenvalue weighted by Crippen LogP contribution is -2.25. The van der Waals surface area contributed by atoms with Gasteiger partial charge in [-0.05, 0) is 18.6 Å². The Morgan fingerprint density at radius 2 is 2.00 bits per heavy atom. The summed E-state index contributed by atoms with van der Waals surface area (Å²) in [7, 11) is 0. The maximum Gasteiger partial charge on any atom is 0.255 e. The third-order valence-corrected chi connectivity index (χ3v) is 3.62. The van der Waals surface area contributed by atoms with E-state index >= 15 is 0 Å². The summed E-state index contributed by atoms with van der Waals surface area (Å²) >= 11 is 0. The highest BCUT2D eigenvalue weighted by atomic mass is 16.5. The summed E-state index contributed by atoms with van der Waals surface area (Å²) in [5.41, 5.74) is 18.8. The molecule has 0 unspecified atom stereocenters. The monoisotopic (exact) mass is 356 g/mol. The van der Waals surface area contributed by atoms with Crippen molar-refractivity contribution in [1.82, 2.24) is 10.3 Å². The summed E-state index contributed by atoms with van der Waals surface area (Å²) in [4.78, 5) is 27.3. The number of pyridine rings is 1. The van der Waals surface area contributed by atoms with Crippen LogP contribution in [0.4, 0.5) is 5.69 Å². The van der Waals surface area contributed by atoms with Crippen molar-refractivity contribution in [2.45, 2.75) is 13.5 Å². The summed E-state index contributed by atoms with van der Waals surface area (Å²) in [6, 6.07) is 4.77. The van der Waals surface area contributed by atoms with E-state index in [4.69, 9.17) is 27.3 Å². The minimum absolute atomic E-state index is 0.110. The number of carbonyl (C=O) groups excluding carboxylic acids is 2. The predicted molar refractivity (Wildman–Crippen MR) is 96.7 cm³/mol. The number of nitrogens with one attached hydrogen (secondary N) is 2. The van der Waals surface area contributed by atoms with Crippen LogP contribution in [0.15, 0.2) is 30.6 Å².